The van der Waals surface area contributed by atoms with Crippen molar-refractivity contribution < 1.29 is 14.3 Å². The molecule has 0 saturated carbocycles. The second-order valence-corrected chi connectivity index (χ2v) is 5.65. The number of hydrogen-bond acceptors (Lipinski definition) is 4. The summed E-state index contributed by atoms with van der Waals surface area (Å²) in [4.78, 5) is 14.4. The van der Waals surface area contributed by atoms with Gasteiger partial charge in [-0.25, -0.2) is 0 Å². The smallest absolute Gasteiger partial charge is 0.234 e. The molecule has 20 heavy (non-hydrogen) atoms. The summed E-state index contributed by atoms with van der Waals surface area (Å²) in [5.41, 5.74) is 1.63. The van der Waals surface area contributed by atoms with Crippen LogP contribution in [0.5, 0.6) is 0 Å². The highest BCUT2D eigenvalue weighted by atomic mass is 16.5. The molecule has 0 unspecified atom stereocenters. The highest BCUT2D eigenvalue weighted by Gasteiger charge is 2.41. The number of benzene rings is 1. The van der Waals surface area contributed by atoms with Gasteiger partial charge < -0.3 is 19.7 Å². The lowest BCUT2D eigenvalue weighted by molar-refractivity contribution is -0.151. The van der Waals surface area contributed by atoms with E-state index >= 15 is 0 Å². The maximum Gasteiger partial charge on any atom is 0.234 e. The largest absolute Gasteiger partial charge is 0.379 e. The molecule has 0 aliphatic carbocycles. The summed E-state index contributed by atoms with van der Waals surface area (Å²) in [6.45, 7) is 6.32. The van der Waals surface area contributed by atoms with Gasteiger partial charge in [0.25, 0.3) is 0 Å². The molecule has 3 rings (SSSR count). The normalized spacial score (nSPS) is 21.1. The summed E-state index contributed by atoms with van der Waals surface area (Å²) in [5.74, 6) is 0.0304. The van der Waals surface area contributed by atoms with Crippen LogP contribution in [0.4, 0.5) is 11.4 Å². The molecule has 2 saturated heterocycles. The lowest BCUT2D eigenvalue weighted by Crippen LogP contribution is -2.49. The standard InChI is InChI=1S/C15H20N2O3/c1-15(10-20-11-15)14(18)16-12-2-4-13(5-3-12)17-6-8-19-9-7-17/h2-5H,6-11H2,1H3,(H,16,18). The van der Waals surface area contributed by atoms with Gasteiger partial charge in [-0.2, -0.15) is 0 Å². The average molecular weight is 276 g/mol. The summed E-state index contributed by atoms with van der Waals surface area (Å²) in [6, 6.07) is 7.98. The summed E-state index contributed by atoms with van der Waals surface area (Å²) in [5, 5.41) is 2.95. The van der Waals surface area contributed by atoms with E-state index in [-0.39, 0.29) is 11.3 Å². The molecule has 1 aromatic carbocycles. The van der Waals surface area contributed by atoms with Crippen molar-refractivity contribution in [1.29, 1.82) is 0 Å². The van der Waals surface area contributed by atoms with E-state index in [1.807, 2.05) is 31.2 Å². The van der Waals surface area contributed by atoms with E-state index in [1.54, 1.807) is 0 Å². The van der Waals surface area contributed by atoms with Gasteiger partial charge >= 0.3 is 0 Å². The number of nitrogens with one attached hydrogen (secondary N) is 1. The minimum atomic E-state index is -0.372. The third-order valence-corrected chi connectivity index (χ3v) is 3.89. The zero-order valence-corrected chi connectivity index (χ0v) is 11.7. The van der Waals surface area contributed by atoms with Gasteiger partial charge in [-0.15, -0.1) is 0 Å². The maximum atomic E-state index is 12.1. The van der Waals surface area contributed by atoms with Crippen LogP contribution in [0, 0.1) is 5.41 Å². The third kappa shape index (κ3) is 2.64. The molecule has 0 bridgehead atoms. The lowest BCUT2D eigenvalue weighted by Gasteiger charge is -2.36. The second kappa shape index (κ2) is 5.42. The van der Waals surface area contributed by atoms with Crippen LogP contribution >= 0.6 is 0 Å². The molecule has 0 atom stereocenters. The molecule has 108 valence electrons. The number of hydrogen-bond donors (Lipinski definition) is 1. The zero-order valence-electron chi connectivity index (χ0n) is 11.7. The summed E-state index contributed by atoms with van der Waals surface area (Å²) in [7, 11) is 0. The Morgan fingerprint density at radius 2 is 1.80 bits per heavy atom. The molecular formula is C15H20N2O3. The van der Waals surface area contributed by atoms with Gasteiger partial charge in [0.15, 0.2) is 0 Å². The SMILES string of the molecule is CC1(C(=O)Nc2ccc(N3CCOCC3)cc2)COC1. The molecule has 5 heteroatoms. The van der Waals surface area contributed by atoms with Crippen LogP contribution < -0.4 is 10.2 Å². The number of rotatable bonds is 3. The van der Waals surface area contributed by atoms with Crippen LogP contribution in [-0.2, 0) is 14.3 Å². The van der Waals surface area contributed by atoms with E-state index in [0.717, 1.165) is 32.0 Å². The van der Waals surface area contributed by atoms with Crippen LogP contribution in [0.15, 0.2) is 24.3 Å². The number of carbonyl (C=O) groups is 1. The van der Waals surface area contributed by atoms with Gasteiger partial charge in [-0.3, -0.25) is 4.79 Å². The minimum Gasteiger partial charge on any atom is -0.379 e. The van der Waals surface area contributed by atoms with Gasteiger partial charge in [0, 0.05) is 24.5 Å². The third-order valence-electron chi connectivity index (χ3n) is 3.89. The van der Waals surface area contributed by atoms with Crippen molar-refractivity contribution in [2.75, 3.05) is 49.7 Å². The van der Waals surface area contributed by atoms with Crippen molar-refractivity contribution in [2.24, 2.45) is 5.41 Å². The molecule has 0 aromatic heterocycles. The van der Waals surface area contributed by atoms with Crippen LogP contribution in [0.3, 0.4) is 0 Å². The fourth-order valence-corrected chi connectivity index (χ4v) is 2.40. The van der Waals surface area contributed by atoms with E-state index in [9.17, 15) is 4.79 Å². The lowest BCUT2D eigenvalue weighted by atomic mass is 9.87. The maximum absolute atomic E-state index is 12.1. The van der Waals surface area contributed by atoms with E-state index in [2.05, 4.69) is 10.2 Å². The molecule has 2 fully saturated rings. The topological polar surface area (TPSA) is 50.8 Å². The summed E-state index contributed by atoms with van der Waals surface area (Å²) < 4.78 is 10.5. The monoisotopic (exact) mass is 276 g/mol. The summed E-state index contributed by atoms with van der Waals surface area (Å²) in [6.07, 6.45) is 0. The van der Waals surface area contributed by atoms with Crippen molar-refractivity contribution in [1.82, 2.24) is 0 Å². The van der Waals surface area contributed by atoms with E-state index < -0.39 is 0 Å². The van der Waals surface area contributed by atoms with Crippen LogP contribution in [-0.4, -0.2) is 45.4 Å². The number of carbonyl (C=O) groups excluding carboxylic acids is 1. The Hall–Kier alpha value is -1.59. The Bertz CT molecular complexity index is 476. The second-order valence-electron chi connectivity index (χ2n) is 5.65. The Morgan fingerprint density at radius 1 is 1.15 bits per heavy atom. The molecule has 0 radical (unpaired) electrons. The average Bonchev–Trinajstić information content (AvgIpc) is 2.46. The van der Waals surface area contributed by atoms with Crippen LogP contribution in [0.2, 0.25) is 0 Å². The first-order valence-electron chi connectivity index (χ1n) is 6.99. The Kier molecular flexibility index (Phi) is 3.63. The summed E-state index contributed by atoms with van der Waals surface area (Å²) >= 11 is 0. The van der Waals surface area contributed by atoms with Crippen molar-refractivity contribution >= 4 is 17.3 Å². The predicted molar refractivity (Wildman–Crippen MR) is 77.0 cm³/mol. The number of anilines is 2. The first kappa shape index (κ1) is 13.4. The zero-order chi connectivity index (χ0) is 14.0. The van der Waals surface area contributed by atoms with Crippen molar-refractivity contribution in [3.63, 3.8) is 0 Å². The number of nitrogens with zero attached hydrogens (tertiary/aromatic N) is 1. The quantitative estimate of drug-likeness (QED) is 0.909. The minimum absolute atomic E-state index is 0.0304. The van der Waals surface area contributed by atoms with Crippen molar-refractivity contribution in [2.45, 2.75) is 6.92 Å². The molecule has 1 N–H and O–H groups in total. The molecule has 0 spiro atoms. The molecule has 1 aromatic rings. The first-order chi connectivity index (χ1) is 9.67. The molecule has 2 heterocycles. The van der Waals surface area contributed by atoms with Crippen LogP contribution in [0.25, 0.3) is 0 Å². The van der Waals surface area contributed by atoms with E-state index in [1.165, 1.54) is 5.69 Å². The predicted octanol–water partition coefficient (Wildman–Crippen LogP) is 1.50. The molecular weight excluding hydrogens is 256 g/mol. The molecule has 5 nitrogen and oxygen atoms in total. The van der Waals surface area contributed by atoms with E-state index in [0.29, 0.717) is 13.2 Å². The number of amides is 1. The van der Waals surface area contributed by atoms with Gasteiger partial charge in [0.1, 0.15) is 0 Å². The van der Waals surface area contributed by atoms with Crippen molar-refractivity contribution in [3.05, 3.63) is 24.3 Å². The van der Waals surface area contributed by atoms with Gasteiger partial charge in [-0.1, -0.05) is 0 Å². The molecule has 2 aliphatic rings. The Morgan fingerprint density at radius 3 is 2.35 bits per heavy atom. The number of morpholine rings is 1. The molecule has 1 amide bonds. The highest BCUT2D eigenvalue weighted by Crippen LogP contribution is 2.28. The fourth-order valence-electron chi connectivity index (χ4n) is 2.40. The molecule has 2 aliphatic heterocycles. The van der Waals surface area contributed by atoms with Gasteiger partial charge in [0.05, 0.1) is 31.8 Å². The van der Waals surface area contributed by atoms with Gasteiger partial charge in [-0.05, 0) is 31.2 Å². The van der Waals surface area contributed by atoms with Crippen LogP contribution in [0.1, 0.15) is 6.92 Å². The first-order valence-corrected chi connectivity index (χ1v) is 6.99. The highest BCUT2D eigenvalue weighted by molar-refractivity contribution is 5.95. The Balaban J connectivity index is 1.62. The van der Waals surface area contributed by atoms with Gasteiger partial charge in [0.2, 0.25) is 5.91 Å². The Labute approximate surface area is 118 Å². The van der Waals surface area contributed by atoms with Crippen molar-refractivity contribution in [3.8, 4) is 0 Å². The number of ether oxygens (including phenoxy) is 2. The fraction of sp³-hybridized carbons (Fsp3) is 0.533. The van der Waals surface area contributed by atoms with E-state index in [4.69, 9.17) is 9.47 Å².